The zero-order valence-electron chi connectivity index (χ0n) is 11.3. The van der Waals surface area contributed by atoms with Crippen molar-refractivity contribution in [3.05, 3.63) is 11.1 Å². The molecule has 6 nitrogen and oxygen atoms in total. The van der Waals surface area contributed by atoms with Gasteiger partial charge in [0.2, 0.25) is 0 Å². The molecule has 18 heavy (non-hydrogen) atoms. The normalized spacial score (nSPS) is 18.3. The largest absolute Gasteiger partial charge is 0.353 e. The number of carbonyl (C=O) groups is 2. The summed E-state index contributed by atoms with van der Waals surface area (Å²) in [4.78, 5) is 33.0. The molecule has 0 saturated heterocycles. The van der Waals surface area contributed by atoms with Crippen LogP contribution in [0.1, 0.15) is 34.1 Å². The average Bonchev–Trinajstić information content (AvgIpc) is 2.48. The van der Waals surface area contributed by atoms with Crippen molar-refractivity contribution in [1.29, 1.82) is 0 Å². The number of rotatable bonds is 5. The molecule has 1 N–H and O–H groups in total. The molecule has 0 aromatic heterocycles. The van der Waals surface area contributed by atoms with Gasteiger partial charge in [0.1, 0.15) is 0 Å². The van der Waals surface area contributed by atoms with Crippen LogP contribution in [0.15, 0.2) is 11.1 Å². The minimum Gasteiger partial charge on any atom is -0.353 e. The van der Waals surface area contributed by atoms with Crippen molar-refractivity contribution < 1.29 is 24.1 Å². The molecule has 1 rings (SSSR count). The fraction of sp³-hybridized carbons (Fsp3) is 0.667. The van der Waals surface area contributed by atoms with Crippen molar-refractivity contribution >= 4 is 11.8 Å². The van der Waals surface area contributed by atoms with Gasteiger partial charge in [-0.05, 0) is 27.7 Å². The Hall–Kier alpha value is -1.24. The van der Waals surface area contributed by atoms with Gasteiger partial charge in [-0.15, -0.1) is 0 Å². The van der Waals surface area contributed by atoms with Crippen LogP contribution in [0.3, 0.4) is 0 Å². The number of hydrogen-bond acceptors (Lipinski definition) is 5. The van der Waals surface area contributed by atoms with E-state index in [4.69, 9.17) is 14.5 Å². The first-order chi connectivity index (χ1) is 8.24. The zero-order valence-corrected chi connectivity index (χ0v) is 11.3. The highest BCUT2D eigenvalue weighted by atomic mass is 17.2. The number of nitrogens with one attached hydrogen (secondary N) is 1. The summed E-state index contributed by atoms with van der Waals surface area (Å²) in [7, 11) is 1.45. The number of methoxy groups -OCH3 is 1. The molecule has 1 aliphatic heterocycles. The number of ether oxygens (including phenoxy) is 1. The molecule has 0 saturated carbocycles. The van der Waals surface area contributed by atoms with Crippen LogP contribution < -0.4 is 5.32 Å². The van der Waals surface area contributed by atoms with Crippen molar-refractivity contribution in [2.24, 2.45) is 0 Å². The van der Waals surface area contributed by atoms with Gasteiger partial charge in [0, 0.05) is 24.7 Å². The second kappa shape index (κ2) is 5.60. The molecule has 0 aliphatic carbocycles. The van der Waals surface area contributed by atoms with Gasteiger partial charge in [0.25, 0.3) is 11.8 Å². The van der Waals surface area contributed by atoms with E-state index in [0.29, 0.717) is 11.1 Å². The van der Waals surface area contributed by atoms with Crippen LogP contribution in [0.2, 0.25) is 0 Å². The number of hydrogen-bond donors (Lipinski definition) is 1. The third kappa shape index (κ3) is 3.90. The van der Waals surface area contributed by atoms with Crippen LogP contribution in [-0.4, -0.2) is 30.8 Å². The highest BCUT2D eigenvalue weighted by Gasteiger charge is 2.30. The Morgan fingerprint density at radius 3 is 2.22 bits per heavy atom. The third-order valence-corrected chi connectivity index (χ3v) is 2.33. The molecule has 1 heterocycles. The first-order valence-corrected chi connectivity index (χ1v) is 5.67. The van der Waals surface area contributed by atoms with Gasteiger partial charge in [0.15, 0.2) is 6.29 Å². The molecule has 0 radical (unpaired) electrons. The molecule has 0 bridgehead atoms. The number of carbonyl (C=O) groups excluding carboxylic acids is 2. The van der Waals surface area contributed by atoms with Crippen LogP contribution >= 0.6 is 0 Å². The Labute approximate surface area is 106 Å². The van der Waals surface area contributed by atoms with Gasteiger partial charge in [-0.3, -0.25) is 14.9 Å². The lowest BCUT2D eigenvalue weighted by Gasteiger charge is -2.22. The van der Waals surface area contributed by atoms with Crippen molar-refractivity contribution in [2.45, 2.75) is 46.0 Å². The Morgan fingerprint density at radius 1 is 1.22 bits per heavy atom. The summed E-state index contributed by atoms with van der Waals surface area (Å²) in [5.41, 5.74) is 0.277. The third-order valence-electron chi connectivity index (χ3n) is 2.33. The second-order valence-electron chi connectivity index (χ2n) is 5.05. The smallest absolute Gasteiger partial charge is 0.254 e. The molecule has 0 aromatic carbocycles. The Balaban J connectivity index is 2.64. The summed E-state index contributed by atoms with van der Waals surface area (Å²) in [6, 6.07) is 0. The predicted octanol–water partition coefficient (Wildman–Crippen LogP) is 1.07. The topological polar surface area (TPSA) is 73.9 Å². The van der Waals surface area contributed by atoms with Crippen molar-refractivity contribution in [2.75, 3.05) is 7.11 Å². The molecule has 1 unspecified atom stereocenters. The van der Waals surface area contributed by atoms with Gasteiger partial charge in [-0.25, -0.2) is 9.78 Å². The lowest BCUT2D eigenvalue weighted by Crippen LogP contribution is -2.27. The molecule has 0 spiro atoms. The van der Waals surface area contributed by atoms with E-state index < -0.39 is 17.8 Å². The molecular weight excluding hydrogens is 238 g/mol. The molecule has 102 valence electrons. The van der Waals surface area contributed by atoms with Gasteiger partial charge in [0.05, 0.1) is 5.60 Å². The molecule has 6 heteroatoms. The minimum atomic E-state index is -0.731. The standard InChI is InChI=1S/C12H19NO5/c1-7-8(11(15)13-10(7)14)6-9(16-5)17-18-12(2,3)4/h9H,6H2,1-5H3,(H,13,14,15). The first kappa shape index (κ1) is 14.8. The van der Waals surface area contributed by atoms with E-state index in [1.165, 1.54) is 7.11 Å². The molecular formula is C12H19NO5. The number of amides is 2. The Morgan fingerprint density at radius 2 is 1.83 bits per heavy atom. The van der Waals surface area contributed by atoms with Gasteiger partial charge in [-0.1, -0.05) is 0 Å². The number of imide groups is 1. The van der Waals surface area contributed by atoms with Crippen molar-refractivity contribution in [3.8, 4) is 0 Å². The van der Waals surface area contributed by atoms with E-state index in [1.54, 1.807) is 6.92 Å². The minimum absolute atomic E-state index is 0.163. The maximum Gasteiger partial charge on any atom is 0.254 e. The Bertz CT molecular complexity index is 380. The highest BCUT2D eigenvalue weighted by Crippen LogP contribution is 2.20. The molecule has 0 fully saturated rings. The van der Waals surface area contributed by atoms with Crippen LogP contribution in [0.4, 0.5) is 0 Å². The Kier molecular flexibility index (Phi) is 4.61. The van der Waals surface area contributed by atoms with Crippen LogP contribution in [0.25, 0.3) is 0 Å². The average molecular weight is 257 g/mol. The summed E-state index contributed by atoms with van der Waals surface area (Å²) in [6.07, 6.45) is -0.568. The lowest BCUT2D eigenvalue weighted by atomic mass is 10.1. The van der Waals surface area contributed by atoms with Crippen molar-refractivity contribution in [3.63, 3.8) is 0 Å². The predicted molar refractivity (Wildman–Crippen MR) is 63.2 cm³/mol. The summed E-state index contributed by atoms with van der Waals surface area (Å²) in [5, 5.41) is 2.21. The summed E-state index contributed by atoms with van der Waals surface area (Å²) in [5.74, 6) is -0.777. The van der Waals surface area contributed by atoms with E-state index in [-0.39, 0.29) is 12.3 Å². The summed E-state index contributed by atoms with van der Waals surface area (Å²) >= 11 is 0. The second-order valence-corrected chi connectivity index (χ2v) is 5.05. The first-order valence-electron chi connectivity index (χ1n) is 5.67. The van der Waals surface area contributed by atoms with Gasteiger partial charge >= 0.3 is 0 Å². The summed E-state index contributed by atoms with van der Waals surface area (Å²) in [6.45, 7) is 7.08. The molecule has 1 atom stereocenters. The zero-order chi connectivity index (χ0) is 13.9. The maximum absolute atomic E-state index is 11.5. The SMILES string of the molecule is COC(CC1=C(C)C(=O)NC1=O)OOC(C)(C)C. The fourth-order valence-corrected chi connectivity index (χ4v) is 1.35. The quantitative estimate of drug-likeness (QED) is 0.345. The van der Waals surface area contributed by atoms with E-state index in [0.717, 1.165) is 0 Å². The fourth-order valence-electron chi connectivity index (χ4n) is 1.35. The highest BCUT2D eigenvalue weighted by molar-refractivity contribution is 6.19. The van der Waals surface area contributed by atoms with Gasteiger partial charge < -0.3 is 4.74 Å². The monoisotopic (exact) mass is 257 g/mol. The maximum atomic E-state index is 11.5. The van der Waals surface area contributed by atoms with E-state index in [2.05, 4.69) is 5.32 Å². The van der Waals surface area contributed by atoms with Crippen LogP contribution in [0, 0.1) is 0 Å². The van der Waals surface area contributed by atoms with Gasteiger partial charge in [-0.2, -0.15) is 0 Å². The van der Waals surface area contributed by atoms with Crippen LogP contribution in [0.5, 0.6) is 0 Å². The summed E-state index contributed by atoms with van der Waals surface area (Å²) < 4.78 is 5.07. The van der Waals surface area contributed by atoms with E-state index in [1.807, 2.05) is 20.8 Å². The molecule has 1 aliphatic rings. The molecule has 2 amide bonds. The van der Waals surface area contributed by atoms with Crippen molar-refractivity contribution in [1.82, 2.24) is 5.32 Å². The van der Waals surface area contributed by atoms with E-state index >= 15 is 0 Å². The molecule has 0 aromatic rings. The van der Waals surface area contributed by atoms with E-state index in [9.17, 15) is 9.59 Å². The van der Waals surface area contributed by atoms with Crippen LogP contribution in [-0.2, 0) is 24.1 Å². The lowest BCUT2D eigenvalue weighted by molar-refractivity contribution is -0.412.